The average molecular weight is 261 g/mol. The monoisotopic (exact) mass is 261 g/mol. The van der Waals surface area contributed by atoms with Crippen LogP contribution in [0.1, 0.15) is 31.2 Å². The number of nitrogens with zero attached hydrogens (tertiary/aromatic N) is 2. The Morgan fingerprint density at radius 2 is 2.32 bits per heavy atom. The summed E-state index contributed by atoms with van der Waals surface area (Å²) in [5.41, 5.74) is 1.31. The predicted octanol–water partition coefficient (Wildman–Crippen LogP) is 1.95. The summed E-state index contributed by atoms with van der Waals surface area (Å²) in [4.78, 5) is 6.98. The molecule has 1 atom stereocenters. The van der Waals surface area contributed by atoms with Crippen LogP contribution in [-0.2, 0) is 11.3 Å². The first-order valence-electron chi connectivity index (χ1n) is 7.32. The van der Waals surface area contributed by atoms with Gasteiger partial charge in [-0.2, -0.15) is 0 Å². The van der Waals surface area contributed by atoms with Crippen LogP contribution in [0.2, 0.25) is 0 Å². The van der Waals surface area contributed by atoms with Gasteiger partial charge in [0, 0.05) is 44.5 Å². The largest absolute Gasteiger partial charge is 0.380 e. The van der Waals surface area contributed by atoms with E-state index in [9.17, 15) is 0 Å². The van der Waals surface area contributed by atoms with Crippen LogP contribution in [-0.4, -0.2) is 37.3 Å². The smallest absolute Gasteiger partial charge is 0.133 e. The van der Waals surface area contributed by atoms with Crippen molar-refractivity contribution in [3.8, 4) is 0 Å². The van der Waals surface area contributed by atoms with Gasteiger partial charge in [0.2, 0.25) is 0 Å². The highest BCUT2D eigenvalue weighted by Gasteiger charge is 2.24. The van der Waals surface area contributed by atoms with Crippen molar-refractivity contribution in [2.45, 2.75) is 44.4 Å². The van der Waals surface area contributed by atoms with Crippen molar-refractivity contribution in [3.63, 3.8) is 0 Å². The number of aromatic nitrogens is 1. The molecule has 1 saturated carbocycles. The molecule has 0 spiro atoms. The van der Waals surface area contributed by atoms with E-state index in [0.717, 1.165) is 37.9 Å². The van der Waals surface area contributed by atoms with Gasteiger partial charge in [-0.3, -0.25) is 0 Å². The topological polar surface area (TPSA) is 37.4 Å². The molecule has 1 aromatic rings. The fraction of sp³-hybridized carbons (Fsp3) is 0.667. The third-order valence-corrected chi connectivity index (χ3v) is 4.04. The molecule has 19 heavy (non-hydrogen) atoms. The molecule has 2 fully saturated rings. The normalized spacial score (nSPS) is 23.6. The molecule has 1 aliphatic carbocycles. The van der Waals surface area contributed by atoms with Gasteiger partial charge >= 0.3 is 0 Å². The standard InChI is InChI=1S/C15H23N3O/c1-19-14-5-3-9-18(11-14)15-12(4-2-8-16-15)10-17-13-6-7-13/h2,4,8,13-14,17H,3,5-7,9-11H2,1H3. The van der Waals surface area contributed by atoms with Crippen molar-refractivity contribution in [1.29, 1.82) is 0 Å². The molecule has 0 radical (unpaired) electrons. The van der Waals surface area contributed by atoms with E-state index in [2.05, 4.69) is 21.3 Å². The van der Waals surface area contributed by atoms with Crippen molar-refractivity contribution < 1.29 is 4.74 Å². The van der Waals surface area contributed by atoms with E-state index in [4.69, 9.17) is 4.74 Å². The quantitative estimate of drug-likeness (QED) is 0.879. The van der Waals surface area contributed by atoms with Gasteiger partial charge in [0.25, 0.3) is 0 Å². The van der Waals surface area contributed by atoms with Crippen LogP contribution >= 0.6 is 0 Å². The lowest BCUT2D eigenvalue weighted by atomic mass is 10.1. The third-order valence-electron chi connectivity index (χ3n) is 4.04. The Bertz CT molecular complexity index is 420. The highest BCUT2D eigenvalue weighted by atomic mass is 16.5. The first kappa shape index (κ1) is 12.9. The second kappa shape index (κ2) is 5.88. The molecule has 0 amide bonds. The third kappa shape index (κ3) is 3.25. The molecule has 1 unspecified atom stereocenters. The van der Waals surface area contributed by atoms with Gasteiger partial charge in [-0.1, -0.05) is 6.07 Å². The first-order chi connectivity index (χ1) is 9.36. The summed E-state index contributed by atoms with van der Waals surface area (Å²) in [6, 6.07) is 4.96. The minimum atomic E-state index is 0.347. The van der Waals surface area contributed by atoms with E-state index >= 15 is 0 Å². The highest BCUT2D eigenvalue weighted by molar-refractivity contribution is 5.47. The fourth-order valence-corrected chi connectivity index (χ4v) is 2.72. The zero-order chi connectivity index (χ0) is 13.1. The van der Waals surface area contributed by atoms with Gasteiger partial charge < -0.3 is 15.0 Å². The van der Waals surface area contributed by atoms with Gasteiger partial charge in [0.15, 0.2) is 0 Å². The maximum Gasteiger partial charge on any atom is 0.133 e. The van der Waals surface area contributed by atoms with Gasteiger partial charge in [-0.25, -0.2) is 4.98 Å². The lowest BCUT2D eigenvalue weighted by Gasteiger charge is -2.33. The Hall–Kier alpha value is -1.13. The number of ether oxygens (including phenoxy) is 1. The van der Waals surface area contributed by atoms with Gasteiger partial charge in [0.05, 0.1) is 6.10 Å². The minimum absolute atomic E-state index is 0.347. The molecular weight excluding hydrogens is 238 g/mol. The van der Waals surface area contributed by atoms with Crippen LogP contribution < -0.4 is 10.2 Å². The number of nitrogens with one attached hydrogen (secondary N) is 1. The molecule has 2 aliphatic rings. The second-order valence-electron chi connectivity index (χ2n) is 5.59. The Labute approximate surface area is 115 Å². The number of hydrogen-bond acceptors (Lipinski definition) is 4. The molecule has 3 rings (SSSR count). The van der Waals surface area contributed by atoms with Gasteiger partial charge in [-0.15, -0.1) is 0 Å². The Kier molecular flexibility index (Phi) is 3.99. The lowest BCUT2D eigenvalue weighted by Crippen LogP contribution is -2.40. The zero-order valence-corrected chi connectivity index (χ0v) is 11.6. The molecular formula is C15H23N3O. The minimum Gasteiger partial charge on any atom is -0.380 e. The summed E-state index contributed by atoms with van der Waals surface area (Å²) in [5.74, 6) is 1.14. The van der Waals surface area contributed by atoms with E-state index in [-0.39, 0.29) is 0 Å². The van der Waals surface area contributed by atoms with Crippen LogP contribution in [0.25, 0.3) is 0 Å². The molecule has 0 aromatic carbocycles. The van der Waals surface area contributed by atoms with E-state index in [0.29, 0.717) is 6.10 Å². The molecule has 1 aromatic heterocycles. The predicted molar refractivity (Wildman–Crippen MR) is 76.3 cm³/mol. The van der Waals surface area contributed by atoms with E-state index in [1.807, 2.05) is 19.4 Å². The van der Waals surface area contributed by atoms with Crippen molar-refractivity contribution in [2.24, 2.45) is 0 Å². The zero-order valence-electron chi connectivity index (χ0n) is 11.6. The number of rotatable bonds is 5. The van der Waals surface area contributed by atoms with Crippen LogP contribution in [0.5, 0.6) is 0 Å². The number of hydrogen-bond donors (Lipinski definition) is 1. The van der Waals surface area contributed by atoms with E-state index in [1.54, 1.807) is 0 Å². The number of pyridine rings is 1. The Morgan fingerprint density at radius 3 is 3.11 bits per heavy atom. The summed E-state index contributed by atoms with van der Waals surface area (Å²) < 4.78 is 5.51. The van der Waals surface area contributed by atoms with E-state index < -0.39 is 0 Å². The van der Waals surface area contributed by atoms with Crippen LogP contribution in [0.15, 0.2) is 18.3 Å². The average Bonchev–Trinajstić information content (AvgIpc) is 3.30. The summed E-state index contributed by atoms with van der Waals surface area (Å²) >= 11 is 0. The van der Waals surface area contributed by atoms with Crippen LogP contribution in [0.4, 0.5) is 5.82 Å². The van der Waals surface area contributed by atoms with Gasteiger partial charge in [-0.05, 0) is 31.7 Å². The maximum absolute atomic E-state index is 5.51. The summed E-state index contributed by atoms with van der Waals surface area (Å²) in [6.07, 6.45) is 7.24. The van der Waals surface area contributed by atoms with Crippen LogP contribution in [0.3, 0.4) is 0 Å². The molecule has 1 aliphatic heterocycles. The summed E-state index contributed by atoms with van der Waals surface area (Å²) in [6.45, 7) is 2.99. The van der Waals surface area contributed by atoms with Crippen molar-refractivity contribution in [3.05, 3.63) is 23.9 Å². The summed E-state index contributed by atoms with van der Waals surface area (Å²) in [5, 5.41) is 3.58. The molecule has 1 N–H and O–H groups in total. The Morgan fingerprint density at radius 1 is 1.42 bits per heavy atom. The second-order valence-corrected chi connectivity index (χ2v) is 5.59. The maximum atomic E-state index is 5.51. The molecule has 104 valence electrons. The molecule has 2 heterocycles. The summed E-state index contributed by atoms with van der Waals surface area (Å²) in [7, 11) is 1.81. The Balaban J connectivity index is 1.70. The molecule has 4 heteroatoms. The van der Waals surface area contributed by atoms with Crippen molar-refractivity contribution in [2.75, 3.05) is 25.1 Å². The number of piperidine rings is 1. The number of anilines is 1. The van der Waals surface area contributed by atoms with E-state index in [1.165, 1.54) is 24.8 Å². The lowest BCUT2D eigenvalue weighted by molar-refractivity contribution is 0.0891. The number of methoxy groups -OCH3 is 1. The highest BCUT2D eigenvalue weighted by Crippen LogP contribution is 2.24. The fourth-order valence-electron chi connectivity index (χ4n) is 2.72. The molecule has 1 saturated heterocycles. The first-order valence-corrected chi connectivity index (χ1v) is 7.32. The van der Waals surface area contributed by atoms with Crippen LogP contribution in [0, 0.1) is 0 Å². The van der Waals surface area contributed by atoms with Crippen molar-refractivity contribution >= 4 is 5.82 Å². The SMILES string of the molecule is COC1CCCN(c2ncccc2CNC2CC2)C1. The molecule has 0 bridgehead atoms. The molecule has 4 nitrogen and oxygen atoms in total. The van der Waals surface area contributed by atoms with Gasteiger partial charge in [0.1, 0.15) is 5.82 Å². The van der Waals surface area contributed by atoms with Crippen molar-refractivity contribution in [1.82, 2.24) is 10.3 Å².